The average Bonchev–Trinajstić information content (AvgIpc) is 2.10. The predicted molar refractivity (Wildman–Crippen MR) is 50.8 cm³/mol. The molecule has 0 fully saturated rings. The van der Waals surface area contributed by atoms with Crippen LogP contribution in [0.15, 0.2) is 18.2 Å². The highest BCUT2D eigenvalue weighted by Crippen LogP contribution is 2.19. The molecule has 0 saturated carbocycles. The van der Waals surface area contributed by atoms with E-state index in [-0.39, 0.29) is 18.4 Å². The van der Waals surface area contributed by atoms with Crippen LogP contribution in [0.4, 0.5) is 4.39 Å². The second-order valence-corrected chi connectivity index (χ2v) is 3.27. The smallest absolute Gasteiger partial charge is 0.165 e. The fourth-order valence-corrected chi connectivity index (χ4v) is 1.10. The van der Waals surface area contributed by atoms with Gasteiger partial charge in [0.2, 0.25) is 0 Å². The van der Waals surface area contributed by atoms with Gasteiger partial charge in [0, 0.05) is 6.54 Å². The van der Waals surface area contributed by atoms with Gasteiger partial charge in [0.15, 0.2) is 11.6 Å². The standard InChI is InChI=1S/C10H14FNO2/c1-7(2)14-10-4-3-8(6-12-13)5-9(10)11/h3-5,7,12-13H,6H2,1-2H3. The summed E-state index contributed by atoms with van der Waals surface area (Å²) in [5.74, 6) is -0.173. The van der Waals surface area contributed by atoms with Crippen molar-refractivity contribution in [3.05, 3.63) is 29.6 Å². The lowest BCUT2D eigenvalue weighted by molar-refractivity contribution is 0.161. The van der Waals surface area contributed by atoms with Crippen molar-refractivity contribution in [3.8, 4) is 5.75 Å². The maximum absolute atomic E-state index is 13.3. The van der Waals surface area contributed by atoms with E-state index < -0.39 is 5.82 Å². The Bertz CT molecular complexity index is 302. The van der Waals surface area contributed by atoms with Crippen LogP contribution in [0.3, 0.4) is 0 Å². The zero-order chi connectivity index (χ0) is 10.6. The maximum Gasteiger partial charge on any atom is 0.165 e. The van der Waals surface area contributed by atoms with Crippen molar-refractivity contribution in [1.82, 2.24) is 5.48 Å². The summed E-state index contributed by atoms with van der Waals surface area (Å²) in [5.41, 5.74) is 2.63. The predicted octanol–water partition coefficient (Wildman–Crippen LogP) is 2.09. The minimum Gasteiger partial charge on any atom is -0.488 e. The Balaban J connectivity index is 2.79. The topological polar surface area (TPSA) is 41.5 Å². The first-order valence-corrected chi connectivity index (χ1v) is 4.45. The van der Waals surface area contributed by atoms with Crippen LogP contribution in [-0.2, 0) is 6.54 Å². The number of ether oxygens (including phenoxy) is 1. The van der Waals surface area contributed by atoms with Crippen molar-refractivity contribution in [2.75, 3.05) is 0 Å². The van der Waals surface area contributed by atoms with Crippen molar-refractivity contribution in [2.24, 2.45) is 0 Å². The molecule has 14 heavy (non-hydrogen) atoms. The summed E-state index contributed by atoms with van der Waals surface area (Å²) >= 11 is 0. The van der Waals surface area contributed by atoms with E-state index in [1.165, 1.54) is 6.07 Å². The van der Waals surface area contributed by atoms with Gasteiger partial charge in [0.05, 0.1) is 6.10 Å². The zero-order valence-electron chi connectivity index (χ0n) is 8.25. The molecule has 0 spiro atoms. The zero-order valence-corrected chi connectivity index (χ0v) is 8.25. The van der Waals surface area contributed by atoms with Gasteiger partial charge < -0.3 is 9.94 Å². The molecule has 1 aromatic rings. The summed E-state index contributed by atoms with van der Waals surface area (Å²) in [5, 5.41) is 8.42. The van der Waals surface area contributed by atoms with Crippen molar-refractivity contribution in [2.45, 2.75) is 26.5 Å². The van der Waals surface area contributed by atoms with E-state index in [0.29, 0.717) is 5.56 Å². The lowest BCUT2D eigenvalue weighted by Gasteiger charge is -2.11. The van der Waals surface area contributed by atoms with Crippen LogP contribution in [0.1, 0.15) is 19.4 Å². The van der Waals surface area contributed by atoms with Gasteiger partial charge in [-0.25, -0.2) is 9.87 Å². The molecule has 4 heteroatoms. The molecule has 0 radical (unpaired) electrons. The fraction of sp³-hybridized carbons (Fsp3) is 0.400. The molecule has 3 nitrogen and oxygen atoms in total. The van der Waals surface area contributed by atoms with Crippen molar-refractivity contribution >= 4 is 0 Å². The van der Waals surface area contributed by atoms with Gasteiger partial charge in [0.1, 0.15) is 0 Å². The average molecular weight is 199 g/mol. The van der Waals surface area contributed by atoms with Gasteiger partial charge in [-0.15, -0.1) is 0 Å². The molecule has 0 saturated heterocycles. The number of hydroxylamine groups is 1. The lowest BCUT2D eigenvalue weighted by Crippen LogP contribution is -2.09. The molecular weight excluding hydrogens is 185 g/mol. The molecule has 1 rings (SSSR count). The molecule has 0 aliphatic heterocycles. The number of benzene rings is 1. The Morgan fingerprint density at radius 2 is 2.21 bits per heavy atom. The molecule has 0 amide bonds. The third-order valence-electron chi connectivity index (χ3n) is 1.64. The van der Waals surface area contributed by atoms with Gasteiger partial charge in [0.25, 0.3) is 0 Å². The molecule has 0 heterocycles. The van der Waals surface area contributed by atoms with Crippen LogP contribution in [0, 0.1) is 5.82 Å². The number of halogens is 1. The van der Waals surface area contributed by atoms with Crippen LogP contribution in [0.2, 0.25) is 0 Å². The second-order valence-electron chi connectivity index (χ2n) is 3.27. The second kappa shape index (κ2) is 4.93. The molecular formula is C10H14FNO2. The molecule has 0 unspecified atom stereocenters. The highest BCUT2D eigenvalue weighted by atomic mass is 19.1. The van der Waals surface area contributed by atoms with E-state index in [1.807, 2.05) is 19.3 Å². The van der Waals surface area contributed by atoms with Gasteiger partial charge in [-0.2, -0.15) is 0 Å². The fourth-order valence-electron chi connectivity index (χ4n) is 1.10. The molecule has 0 atom stereocenters. The van der Waals surface area contributed by atoms with E-state index in [9.17, 15) is 4.39 Å². The maximum atomic E-state index is 13.3. The van der Waals surface area contributed by atoms with E-state index >= 15 is 0 Å². The monoisotopic (exact) mass is 199 g/mol. The third-order valence-corrected chi connectivity index (χ3v) is 1.64. The Labute approximate surface area is 82.5 Å². The van der Waals surface area contributed by atoms with Crippen LogP contribution in [0.25, 0.3) is 0 Å². The summed E-state index contributed by atoms with van der Waals surface area (Å²) in [7, 11) is 0. The van der Waals surface area contributed by atoms with Crippen molar-refractivity contribution < 1.29 is 14.3 Å². The number of hydrogen-bond acceptors (Lipinski definition) is 3. The van der Waals surface area contributed by atoms with Crippen molar-refractivity contribution in [1.29, 1.82) is 0 Å². The Hall–Kier alpha value is -1.13. The Morgan fingerprint density at radius 1 is 1.50 bits per heavy atom. The lowest BCUT2D eigenvalue weighted by atomic mass is 10.2. The largest absolute Gasteiger partial charge is 0.488 e. The molecule has 78 valence electrons. The number of hydrogen-bond donors (Lipinski definition) is 2. The minimum absolute atomic E-state index is 0.0497. The first kappa shape index (κ1) is 10.9. The van der Waals surface area contributed by atoms with Gasteiger partial charge in [-0.1, -0.05) is 6.07 Å². The molecule has 2 N–H and O–H groups in total. The van der Waals surface area contributed by atoms with E-state index in [4.69, 9.17) is 9.94 Å². The molecule has 0 bridgehead atoms. The summed E-state index contributed by atoms with van der Waals surface area (Å²) in [6.45, 7) is 3.89. The highest BCUT2D eigenvalue weighted by molar-refractivity contribution is 5.29. The SMILES string of the molecule is CC(C)Oc1ccc(CNO)cc1F. The number of nitrogens with one attached hydrogen (secondary N) is 1. The molecule has 0 aliphatic carbocycles. The Morgan fingerprint density at radius 3 is 2.71 bits per heavy atom. The summed E-state index contributed by atoms with van der Waals surface area (Å²) in [6.07, 6.45) is -0.0497. The van der Waals surface area contributed by atoms with Crippen LogP contribution in [-0.4, -0.2) is 11.3 Å². The summed E-state index contributed by atoms with van der Waals surface area (Å²) < 4.78 is 18.5. The molecule has 1 aromatic carbocycles. The van der Waals surface area contributed by atoms with E-state index in [2.05, 4.69) is 0 Å². The highest BCUT2D eigenvalue weighted by Gasteiger charge is 2.05. The minimum atomic E-state index is -0.411. The van der Waals surface area contributed by atoms with Gasteiger partial charge >= 0.3 is 0 Å². The van der Waals surface area contributed by atoms with Crippen LogP contribution in [0.5, 0.6) is 5.75 Å². The summed E-state index contributed by atoms with van der Waals surface area (Å²) in [4.78, 5) is 0. The first-order chi connectivity index (χ1) is 6.63. The summed E-state index contributed by atoms with van der Waals surface area (Å²) in [6, 6.07) is 4.59. The molecule has 0 aliphatic rings. The Kier molecular flexibility index (Phi) is 3.85. The van der Waals surface area contributed by atoms with Crippen LogP contribution >= 0.6 is 0 Å². The van der Waals surface area contributed by atoms with Gasteiger partial charge in [-0.05, 0) is 31.5 Å². The van der Waals surface area contributed by atoms with E-state index in [0.717, 1.165) is 0 Å². The van der Waals surface area contributed by atoms with Gasteiger partial charge in [-0.3, -0.25) is 0 Å². The van der Waals surface area contributed by atoms with E-state index in [1.54, 1.807) is 12.1 Å². The normalized spacial score (nSPS) is 10.6. The van der Waals surface area contributed by atoms with Crippen LogP contribution < -0.4 is 10.2 Å². The quantitative estimate of drug-likeness (QED) is 0.729. The first-order valence-electron chi connectivity index (χ1n) is 4.45. The molecule has 0 aromatic heterocycles. The number of rotatable bonds is 4. The van der Waals surface area contributed by atoms with Crippen molar-refractivity contribution in [3.63, 3.8) is 0 Å². The third kappa shape index (κ3) is 2.97.